The van der Waals surface area contributed by atoms with Crippen molar-refractivity contribution in [2.45, 2.75) is 25.4 Å². The van der Waals surface area contributed by atoms with Crippen LogP contribution in [0, 0.1) is 11.7 Å². The van der Waals surface area contributed by atoms with E-state index in [2.05, 4.69) is 0 Å². The molecule has 8 heteroatoms. The molecular weight excluding hydrogens is 328 g/mol. The summed E-state index contributed by atoms with van der Waals surface area (Å²) in [6.45, 7) is -0.997. The third-order valence-electron chi connectivity index (χ3n) is 3.89. The van der Waals surface area contributed by atoms with E-state index in [1.165, 1.54) is 17.0 Å². The number of rotatable bonds is 5. The van der Waals surface area contributed by atoms with Crippen molar-refractivity contribution in [2.24, 2.45) is 5.92 Å². The number of carbonyl (C=O) groups is 2. The molecule has 132 valence electrons. The van der Waals surface area contributed by atoms with Crippen LogP contribution in [0.4, 0.5) is 17.6 Å². The second-order valence-corrected chi connectivity index (χ2v) is 5.79. The summed E-state index contributed by atoms with van der Waals surface area (Å²) in [7, 11) is 0. The summed E-state index contributed by atoms with van der Waals surface area (Å²) < 4.78 is 49.6. The minimum Gasteiger partial charge on any atom is -0.347 e. The molecule has 4 nitrogen and oxygen atoms in total. The molecule has 24 heavy (non-hydrogen) atoms. The molecule has 1 N–H and O–H groups in total. The van der Waals surface area contributed by atoms with Gasteiger partial charge in [0.05, 0.1) is 5.92 Å². The molecule has 0 aromatic heterocycles. The Morgan fingerprint density at radius 1 is 1.33 bits per heavy atom. The molecule has 0 spiro atoms. The minimum absolute atomic E-state index is 0.0812. The summed E-state index contributed by atoms with van der Waals surface area (Å²) >= 11 is 0. The highest BCUT2D eigenvalue weighted by molar-refractivity contribution is 5.83. The van der Waals surface area contributed by atoms with Crippen LogP contribution in [-0.4, -0.2) is 42.5 Å². The standard InChI is InChI=1S/C16H18F4N2O2/c17-13-3-1-2-11(8-13)6-7-22-9-12(4-5-14(22)23)15(24)21-10-16(18,19)20/h1-3,8,12H,4-7,9-10H2,(H,21,24). The van der Waals surface area contributed by atoms with Crippen LogP contribution in [0.5, 0.6) is 0 Å². The van der Waals surface area contributed by atoms with E-state index in [1.807, 2.05) is 5.32 Å². The Kier molecular flexibility index (Phi) is 5.80. The van der Waals surface area contributed by atoms with Crippen molar-refractivity contribution in [1.82, 2.24) is 10.2 Å². The number of halogens is 4. The first-order valence-corrected chi connectivity index (χ1v) is 7.61. The molecule has 2 amide bonds. The lowest BCUT2D eigenvalue weighted by molar-refractivity contribution is -0.145. The van der Waals surface area contributed by atoms with Crippen molar-refractivity contribution < 1.29 is 27.2 Å². The molecule has 1 aliphatic rings. The van der Waals surface area contributed by atoms with E-state index < -0.39 is 24.5 Å². The minimum atomic E-state index is -4.46. The van der Waals surface area contributed by atoms with Gasteiger partial charge in [0, 0.05) is 19.5 Å². The maximum absolute atomic E-state index is 13.1. The van der Waals surface area contributed by atoms with Crippen LogP contribution < -0.4 is 5.32 Å². The van der Waals surface area contributed by atoms with Gasteiger partial charge in [-0.25, -0.2) is 4.39 Å². The molecule has 1 unspecified atom stereocenters. The van der Waals surface area contributed by atoms with Gasteiger partial charge in [-0.05, 0) is 30.5 Å². The molecule has 0 saturated carbocycles. The first-order chi connectivity index (χ1) is 11.2. The number of amides is 2. The van der Waals surface area contributed by atoms with E-state index in [9.17, 15) is 27.2 Å². The van der Waals surface area contributed by atoms with Gasteiger partial charge in [-0.3, -0.25) is 9.59 Å². The second-order valence-electron chi connectivity index (χ2n) is 5.79. The summed E-state index contributed by atoms with van der Waals surface area (Å²) in [6.07, 6.45) is -3.69. The number of carbonyl (C=O) groups excluding carboxylic acids is 2. The number of hydrogen-bond donors (Lipinski definition) is 1. The fourth-order valence-corrected chi connectivity index (χ4v) is 2.63. The zero-order valence-corrected chi connectivity index (χ0v) is 12.9. The molecule has 1 aliphatic heterocycles. The maximum atomic E-state index is 13.1. The van der Waals surface area contributed by atoms with Gasteiger partial charge in [0.15, 0.2) is 0 Å². The number of hydrogen-bond acceptors (Lipinski definition) is 2. The Morgan fingerprint density at radius 3 is 2.75 bits per heavy atom. The largest absolute Gasteiger partial charge is 0.405 e. The van der Waals surface area contributed by atoms with Gasteiger partial charge in [-0.1, -0.05) is 12.1 Å². The monoisotopic (exact) mass is 346 g/mol. The highest BCUT2D eigenvalue weighted by atomic mass is 19.4. The lowest BCUT2D eigenvalue weighted by Gasteiger charge is -2.32. The van der Waals surface area contributed by atoms with E-state index in [1.54, 1.807) is 12.1 Å². The van der Waals surface area contributed by atoms with Gasteiger partial charge in [0.1, 0.15) is 12.4 Å². The highest BCUT2D eigenvalue weighted by Crippen LogP contribution is 2.19. The topological polar surface area (TPSA) is 49.4 Å². The average molecular weight is 346 g/mol. The highest BCUT2D eigenvalue weighted by Gasteiger charge is 2.33. The Labute approximate surface area is 136 Å². The van der Waals surface area contributed by atoms with Gasteiger partial charge in [-0.2, -0.15) is 13.2 Å². The summed E-state index contributed by atoms with van der Waals surface area (Å²) in [5, 5.41) is 1.86. The van der Waals surface area contributed by atoms with Crippen molar-refractivity contribution in [3.05, 3.63) is 35.6 Å². The van der Waals surface area contributed by atoms with E-state index in [0.717, 1.165) is 0 Å². The smallest absolute Gasteiger partial charge is 0.347 e. The number of alkyl halides is 3. The molecule has 2 rings (SSSR count). The number of likely N-dealkylation sites (tertiary alicyclic amines) is 1. The van der Waals surface area contributed by atoms with Crippen LogP contribution in [0.2, 0.25) is 0 Å². The summed E-state index contributed by atoms with van der Waals surface area (Å²) in [5.41, 5.74) is 0.714. The van der Waals surface area contributed by atoms with E-state index in [4.69, 9.17) is 0 Å². The SMILES string of the molecule is O=C(NCC(F)(F)F)C1CCC(=O)N(CCc2cccc(F)c2)C1. The van der Waals surface area contributed by atoms with Crippen molar-refractivity contribution in [1.29, 1.82) is 0 Å². The lowest BCUT2D eigenvalue weighted by atomic mass is 9.96. The van der Waals surface area contributed by atoms with Crippen LogP contribution >= 0.6 is 0 Å². The first kappa shape index (κ1) is 18.2. The molecule has 1 fully saturated rings. The van der Waals surface area contributed by atoms with Gasteiger partial charge in [0.25, 0.3) is 0 Å². The van der Waals surface area contributed by atoms with Gasteiger partial charge >= 0.3 is 6.18 Å². The number of benzene rings is 1. The molecule has 1 saturated heterocycles. The van der Waals surface area contributed by atoms with Crippen molar-refractivity contribution in [2.75, 3.05) is 19.6 Å². The van der Waals surface area contributed by atoms with E-state index in [-0.39, 0.29) is 31.1 Å². The Bertz CT molecular complexity index is 604. The normalized spacial score (nSPS) is 18.6. The lowest BCUT2D eigenvalue weighted by Crippen LogP contribution is -2.47. The van der Waals surface area contributed by atoms with E-state index in [0.29, 0.717) is 18.5 Å². The number of nitrogens with zero attached hydrogens (tertiary/aromatic N) is 1. The van der Waals surface area contributed by atoms with Crippen molar-refractivity contribution in [3.8, 4) is 0 Å². The van der Waals surface area contributed by atoms with Crippen LogP contribution in [-0.2, 0) is 16.0 Å². The van der Waals surface area contributed by atoms with Crippen LogP contribution in [0.25, 0.3) is 0 Å². The Balaban J connectivity index is 1.88. The second kappa shape index (κ2) is 7.63. The molecule has 0 aliphatic carbocycles. The van der Waals surface area contributed by atoms with Crippen LogP contribution in [0.15, 0.2) is 24.3 Å². The van der Waals surface area contributed by atoms with Crippen LogP contribution in [0.1, 0.15) is 18.4 Å². The molecule has 1 aromatic carbocycles. The fraction of sp³-hybridized carbons (Fsp3) is 0.500. The Morgan fingerprint density at radius 2 is 2.08 bits per heavy atom. The zero-order valence-electron chi connectivity index (χ0n) is 12.9. The Hall–Kier alpha value is -2.12. The molecule has 1 atom stereocenters. The zero-order chi connectivity index (χ0) is 17.7. The number of nitrogens with one attached hydrogen (secondary N) is 1. The quantitative estimate of drug-likeness (QED) is 0.832. The van der Waals surface area contributed by atoms with Crippen molar-refractivity contribution in [3.63, 3.8) is 0 Å². The summed E-state index contributed by atoms with van der Waals surface area (Å²) in [4.78, 5) is 25.2. The van der Waals surface area contributed by atoms with E-state index >= 15 is 0 Å². The molecule has 1 heterocycles. The molecule has 1 aromatic rings. The number of piperidine rings is 1. The van der Waals surface area contributed by atoms with Gasteiger partial charge < -0.3 is 10.2 Å². The maximum Gasteiger partial charge on any atom is 0.405 e. The summed E-state index contributed by atoms with van der Waals surface area (Å²) in [5.74, 6) is -1.87. The predicted molar refractivity (Wildman–Crippen MR) is 78.5 cm³/mol. The molecular formula is C16H18F4N2O2. The van der Waals surface area contributed by atoms with Crippen LogP contribution in [0.3, 0.4) is 0 Å². The first-order valence-electron chi connectivity index (χ1n) is 7.61. The summed E-state index contributed by atoms with van der Waals surface area (Å²) in [6, 6.07) is 5.97. The third-order valence-corrected chi connectivity index (χ3v) is 3.89. The molecule has 0 bridgehead atoms. The molecule has 0 radical (unpaired) electrons. The average Bonchev–Trinajstić information content (AvgIpc) is 2.51. The van der Waals surface area contributed by atoms with Crippen molar-refractivity contribution >= 4 is 11.8 Å². The predicted octanol–water partition coefficient (Wildman–Crippen LogP) is 2.29. The van der Waals surface area contributed by atoms with Gasteiger partial charge in [-0.15, -0.1) is 0 Å². The fourth-order valence-electron chi connectivity index (χ4n) is 2.63. The van der Waals surface area contributed by atoms with Gasteiger partial charge in [0.2, 0.25) is 11.8 Å². The third kappa shape index (κ3) is 5.50.